The minimum Gasteiger partial charge on any atom is -0.455 e. The number of rotatable bonds is 3. The molecule has 0 atom stereocenters. The normalized spacial score (nSPS) is 11.4. The Kier molecular flexibility index (Phi) is 4.59. The lowest BCUT2D eigenvalue weighted by molar-refractivity contribution is 0.00645. The highest BCUT2D eigenvalue weighted by molar-refractivity contribution is 6.30. The molecule has 25 heavy (non-hydrogen) atoms. The maximum absolute atomic E-state index is 12.6. The number of imidazole rings is 1. The molecule has 0 aliphatic heterocycles. The molecule has 128 valence electrons. The van der Waals surface area contributed by atoms with Crippen LogP contribution in [0.3, 0.4) is 0 Å². The maximum atomic E-state index is 12.6. The largest absolute Gasteiger partial charge is 0.455 e. The molecule has 0 bridgehead atoms. The number of benzene rings is 1. The van der Waals surface area contributed by atoms with Gasteiger partial charge in [-0.2, -0.15) is 0 Å². The van der Waals surface area contributed by atoms with Crippen molar-refractivity contribution < 1.29 is 9.53 Å². The van der Waals surface area contributed by atoms with Crippen molar-refractivity contribution in [1.82, 2.24) is 15.0 Å². The number of halogens is 1. The molecular weight excluding hydrogens is 338 g/mol. The van der Waals surface area contributed by atoms with E-state index in [1.807, 2.05) is 32.9 Å². The zero-order chi connectivity index (χ0) is 18.0. The van der Waals surface area contributed by atoms with Crippen molar-refractivity contribution in [2.45, 2.75) is 26.4 Å². The van der Waals surface area contributed by atoms with Crippen LogP contribution in [0.5, 0.6) is 0 Å². The van der Waals surface area contributed by atoms with Crippen molar-refractivity contribution in [2.75, 3.05) is 0 Å². The van der Waals surface area contributed by atoms with Gasteiger partial charge in [-0.1, -0.05) is 11.6 Å². The molecule has 1 N–H and O–H groups in total. The summed E-state index contributed by atoms with van der Waals surface area (Å²) in [7, 11) is 0. The number of hydrogen-bond donors (Lipinski definition) is 1. The summed E-state index contributed by atoms with van der Waals surface area (Å²) in [6.07, 6.45) is 3.32. The van der Waals surface area contributed by atoms with E-state index in [0.717, 1.165) is 11.1 Å². The van der Waals surface area contributed by atoms with E-state index in [4.69, 9.17) is 16.3 Å². The molecule has 3 aromatic rings. The van der Waals surface area contributed by atoms with E-state index in [2.05, 4.69) is 15.0 Å². The van der Waals surface area contributed by atoms with Crippen LogP contribution in [0.15, 0.2) is 48.8 Å². The summed E-state index contributed by atoms with van der Waals surface area (Å²) in [5.41, 5.74) is 1.85. The zero-order valence-electron chi connectivity index (χ0n) is 14.2. The number of aromatic nitrogens is 3. The van der Waals surface area contributed by atoms with Crippen molar-refractivity contribution >= 4 is 17.6 Å². The standard InChI is InChI=1S/C19H18ClN3O2/c1-19(2,3)25-18(24)16-15(12-8-10-21-11-9-12)22-17(23-16)13-4-6-14(20)7-5-13/h4-11H,1-3H3,(H,22,23). The highest BCUT2D eigenvalue weighted by Gasteiger charge is 2.24. The fourth-order valence-corrected chi connectivity index (χ4v) is 2.44. The van der Waals surface area contributed by atoms with Crippen LogP contribution in [-0.4, -0.2) is 26.5 Å². The summed E-state index contributed by atoms with van der Waals surface area (Å²) in [6.45, 7) is 5.48. The molecule has 6 heteroatoms. The Balaban J connectivity index is 2.08. The van der Waals surface area contributed by atoms with Gasteiger partial charge in [-0.05, 0) is 57.2 Å². The van der Waals surface area contributed by atoms with Crippen molar-refractivity contribution in [3.63, 3.8) is 0 Å². The summed E-state index contributed by atoms with van der Waals surface area (Å²) in [6, 6.07) is 10.8. The molecule has 0 amide bonds. The molecule has 0 radical (unpaired) electrons. The number of carbonyl (C=O) groups is 1. The summed E-state index contributed by atoms with van der Waals surface area (Å²) >= 11 is 5.94. The second-order valence-corrected chi connectivity index (χ2v) is 6.99. The van der Waals surface area contributed by atoms with Gasteiger partial charge in [-0.15, -0.1) is 0 Å². The molecule has 0 aliphatic carbocycles. The van der Waals surface area contributed by atoms with E-state index >= 15 is 0 Å². The molecular formula is C19H18ClN3O2. The summed E-state index contributed by atoms with van der Waals surface area (Å²) in [5.74, 6) is 0.122. The van der Waals surface area contributed by atoms with Crippen molar-refractivity contribution in [3.8, 4) is 22.6 Å². The predicted molar refractivity (Wildman–Crippen MR) is 97.4 cm³/mol. The number of esters is 1. The molecule has 2 aromatic heterocycles. The van der Waals surface area contributed by atoms with Gasteiger partial charge in [-0.25, -0.2) is 9.78 Å². The molecule has 0 spiro atoms. The zero-order valence-corrected chi connectivity index (χ0v) is 15.0. The van der Waals surface area contributed by atoms with Gasteiger partial charge in [0.25, 0.3) is 0 Å². The summed E-state index contributed by atoms with van der Waals surface area (Å²) < 4.78 is 5.51. The SMILES string of the molecule is CC(C)(C)OC(=O)c1[nH]c(-c2ccc(Cl)cc2)nc1-c1ccncc1. The van der Waals surface area contributed by atoms with Crippen LogP contribution >= 0.6 is 11.6 Å². The number of pyridine rings is 1. The third-order valence-corrected chi connectivity index (χ3v) is 3.63. The highest BCUT2D eigenvalue weighted by Crippen LogP contribution is 2.28. The van der Waals surface area contributed by atoms with Gasteiger partial charge in [0.15, 0.2) is 5.69 Å². The summed E-state index contributed by atoms with van der Waals surface area (Å²) in [5, 5.41) is 0.636. The average Bonchev–Trinajstić information content (AvgIpc) is 3.00. The first-order valence-corrected chi connectivity index (χ1v) is 8.21. The Hall–Kier alpha value is -2.66. The Morgan fingerprint density at radius 1 is 1.04 bits per heavy atom. The van der Waals surface area contributed by atoms with Gasteiger partial charge < -0.3 is 9.72 Å². The van der Waals surface area contributed by atoms with E-state index in [0.29, 0.717) is 22.2 Å². The van der Waals surface area contributed by atoms with Crippen LogP contribution < -0.4 is 0 Å². The molecule has 0 saturated heterocycles. The molecule has 0 fully saturated rings. The van der Waals surface area contributed by atoms with E-state index in [-0.39, 0.29) is 0 Å². The smallest absolute Gasteiger partial charge is 0.357 e. The van der Waals surface area contributed by atoms with E-state index in [1.54, 1.807) is 36.7 Å². The Bertz CT molecular complexity index is 881. The van der Waals surface area contributed by atoms with Crippen LogP contribution in [0, 0.1) is 0 Å². The molecule has 5 nitrogen and oxygen atoms in total. The van der Waals surface area contributed by atoms with Crippen molar-refractivity contribution in [1.29, 1.82) is 0 Å². The monoisotopic (exact) mass is 355 g/mol. The fraction of sp³-hybridized carbons (Fsp3) is 0.211. The van der Waals surface area contributed by atoms with Crippen molar-refractivity contribution in [3.05, 3.63) is 59.5 Å². The third kappa shape index (κ3) is 4.06. The summed E-state index contributed by atoms with van der Waals surface area (Å²) in [4.78, 5) is 24.3. The molecule has 0 unspecified atom stereocenters. The number of H-pyrrole nitrogens is 1. The van der Waals surface area contributed by atoms with Gasteiger partial charge >= 0.3 is 5.97 Å². The molecule has 0 saturated carbocycles. The predicted octanol–water partition coefficient (Wildman–Crippen LogP) is 4.75. The minimum absolute atomic E-state index is 0.311. The number of nitrogens with one attached hydrogen (secondary N) is 1. The molecule has 2 heterocycles. The number of ether oxygens (including phenoxy) is 1. The molecule has 1 aromatic carbocycles. The number of carbonyl (C=O) groups excluding carboxylic acids is 1. The van der Waals surface area contributed by atoms with Crippen LogP contribution in [0.4, 0.5) is 0 Å². The first-order chi connectivity index (χ1) is 11.8. The topological polar surface area (TPSA) is 67.9 Å². The molecule has 0 aliphatic rings. The quantitative estimate of drug-likeness (QED) is 0.688. The van der Waals surface area contributed by atoms with Crippen LogP contribution in [0.25, 0.3) is 22.6 Å². The van der Waals surface area contributed by atoms with Crippen molar-refractivity contribution in [2.24, 2.45) is 0 Å². The highest BCUT2D eigenvalue weighted by atomic mass is 35.5. The first-order valence-electron chi connectivity index (χ1n) is 7.83. The molecule has 3 rings (SSSR count). The van der Waals surface area contributed by atoms with Gasteiger partial charge in [0.2, 0.25) is 0 Å². The number of aromatic amines is 1. The first kappa shape index (κ1) is 17.2. The Labute approximate surface area is 151 Å². The number of hydrogen-bond acceptors (Lipinski definition) is 4. The Morgan fingerprint density at radius 3 is 2.28 bits per heavy atom. The average molecular weight is 356 g/mol. The third-order valence-electron chi connectivity index (χ3n) is 3.38. The van der Waals surface area contributed by atoms with Crippen LogP contribution in [0.1, 0.15) is 31.3 Å². The van der Waals surface area contributed by atoms with Gasteiger partial charge in [0.05, 0.1) is 0 Å². The Morgan fingerprint density at radius 2 is 1.68 bits per heavy atom. The van der Waals surface area contributed by atoms with E-state index < -0.39 is 11.6 Å². The fourth-order valence-electron chi connectivity index (χ4n) is 2.31. The van der Waals surface area contributed by atoms with Gasteiger partial charge in [0, 0.05) is 28.5 Å². The van der Waals surface area contributed by atoms with E-state index in [9.17, 15) is 4.79 Å². The maximum Gasteiger partial charge on any atom is 0.357 e. The minimum atomic E-state index is -0.599. The van der Waals surface area contributed by atoms with Crippen LogP contribution in [0.2, 0.25) is 5.02 Å². The second kappa shape index (κ2) is 6.69. The lowest BCUT2D eigenvalue weighted by Crippen LogP contribution is -2.24. The lowest BCUT2D eigenvalue weighted by atomic mass is 10.1. The van der Waals surface area contributed by atoms with Gasteiger partial charge in [-0.3, -0.25) is 4.98 Å². The number of nitrogens with zero attached hydrogens (tertiary/aromatic N) is 2. The van der Waals surface area contributed by atoms with E-state index in [1.165, 1.54) is 0 Å². The van der Waals surface area contributed by atoms with Crippen LogP contribution in [-0.2, 0) is 4.74 Å². The lowest BCUT2D eigenvalue weighted by Gasteiger charge is -2.19. The van der Waals surface area contributed by atoms with Gasteiger partial charge in [0.1, 0.15) is 17.1 Å². The second-order valence-electron chi connectivity index (χ2n) is 6.55.